The van der Waals surface area contributed by atoms with E-state index in [2.05, 4.69) is 15.3 Å². The molecule has 1 aliphatic heterocycles. The van der Waals surface area contributed by atoms with Gasteiger partial charge in [-0.15, -0.1) is 0 Å². The normalized spacial score (nSPS) is 17.2. The van der Waals surface area contributed by atoms with Crippen LogP contribution >= 0.6 is 0 Å². The van der Waals surface area contributed by atoms with Gasteiger partial charge in [0.1, 0.15) is 12.4 Å². The molecule has 6 nitrogen and oxygen atoms in total. The molecule has 2 aromatic rings. The van der Waals surface area contributed by atoms with Crippen molar-refractivity contribution in [3.8, 4) is 0 Å². The number of nitrogens with one attached hydrogen (secondary N) is 1. The second kappa shape index (κ2) is 8.71. The van der Waals surface area contributed by atoms with E-state index >= 15 is 0 Å². The SMILES string of the molecule is CCOCC(=O)N1CCC[C@@H](c2ccnc(Nc3cccc(F)c3)n2)C1. The maximum atomic E-state index is 13.3. The summed E-state index contributed by atoms with van der Waals surface area (Å²) in [4.78, 5) is 22.8. The van der Waals surface area contributed by atoms with Gasteiger partial charge in [-0.1, -0.05) is 6.07 Å². The third-order valence-electron chi connectivity index (χ3n) is 4.38. The van der Waals surface area contributed by atoms with Crippen molar-refractivity contribution < 1.29 is 13.9 Å². The van der Waals surface area contributed by atoms with E-state index in [1.165, 1.54) is 12.1 Å². The molecule has 3 rings (SSSR count). The monoisotopic (exact) mass is 358 g/mol. The first-order valence-corrected chi connectivity index (χ1v) is 8.86. The number of rotatable bonds is 6. The molecule has 0 bridgehead atoms. The molecular formula is C19H23FN4O2. The second-order valence-electron chi connectivity index (χ2n) is 6.26. The molecule has 2 heterocycles. The molecule has 1 N–H and O–H groups in total. The van der Waals surface area contributed by atoms with Crippen LogP contribution in [0.5, 0.6) is 0 Å². The zero-order valence-corrected chi connectivity index (χ0v) is 14.8. The summed E-state index contributed by atoms with van der Waals surface area (Å²) < 4.78 is 18.5. The zero-order chi connectivity index (χ0) is 18.4. The Hall–Kier alpha value is -2.54. The van der Waals surface area contributed by atoms with E-state index < -0.39 is 0 Å². The number of likely N-dealkylation sites (tertiary alicyclic amines) is 1. The second-order valence-corrected chi connectivity index (χ2v) is 6.26. The number of halogens is 1. The number of anilines is 2. The summed E-state index contributed by atoms with van der Waals surface area (Å²) in [5.74, 6) is 0.279. The number of aromatic nitrogens is 2. The van der Waals surface area contributed by atoms with Crippen LogP contribution in [0.3, 0.4) is 0 Å². The number of piperidine rings is 1. The predicted octanol–water partition coefficient (Wildman–Crippen LogP) is 3.10. The van der Waals surface area contributed by atoms with Gasteiger partial charge in [-0.2, -0.15) is 0 Å². The van der Waals surface area contributed by atoms with E-state index in [4.69, 9.17) is 4.74 Å². The van der Waals surface area contributed by atoms with Crippen LogP contribution in [0.15, 0.2) is 36.5 Å². The molecule has 1 aromatic carbocycles. The van der Waals surface area contributed by atoms with Gasteiger partial charge < -0.3 is 15.0 Å². The number of hydrogen-bond acceptors (Lipinski definition) is 5. The lowest BCUT2D eigenvalue weighted by Gasteiger charge is -2.32. The van der Waals surface area contributed by atoms with Gasteiger partial charge in [0, 0.05) is 37.5 Å². The third-order valence-corrected chi connectivity index (χ3v) is 4.38. The summed E-state index contributed by atoms with van der Waals surface area (Å²) in [6.07, 6.45) is 3.58. The summed E-state index contributed by atoms with van der Waals surface area (Å²) >= 11 is 0. The summed E-state index contributed by atoms with van der Waals surface area (Å²) in [7, 11) is 0. The van der Waals surface area contributed by atoms with Crippen LogP contribution in [-0.4, -0.2) is 47.1 Å². The van der Waals surface area contributed by atoms with E-state index in [9.17, 15) is 9.18 Å². The van der Waals surface area contributed by atoms with Gasteiger partial charge in [-0.05, 0) is 44.0 Å². The van der Waals surface area contributed by atoms with Crippen LogP contribution < -0.4 is 5.32 Å². The highest BCUT2D eigenvalue weighted by atomic mass is 19.1. The van der Waals surface area contributed by atoms with Crippen LogP contribution in [0.4, 0.5) is 16.0 Å². The highest BCUT2D eigenvalue weighted by Gasteiger charge is 2.25. The highest BCUT2D eigenvalue weighted by molar-refractivity contribution is 5.77. The van der Waals surface area contributed by atoms with Crippen molar-refractivity contribution in [3.63, 3.8) is 0 Å². The van der Waals surface area contributed by atoms with Crippen molar-refractivity contribution in [3.05, 3.63) is 48.0 Å². The van der Waals surface area contributed by atoms with E-state index in [1.54, 1.807) is 18.3 Å². The summed E-state index contributed by atoms with van der Waals surface area (Å²) in [6, 6.07) is 8.04. The molecule has 0 spiro atoms. The van der Waals surface area contributed by atoms with E-state index in [1.807, 2.05) is 17.9 Å². The predicted molar refractivity (Wildman–Crippen MR) is 96.8 cm³/mol. The summed E-state index contributed by atoms with van der Waals surface area (Å²) in [5, 5.41) is 3.02. The molecule has 1 aromatic heterocycles. The first-order chi connectivity index (χ1) is 12.7. The molecule has 0 aliphatic carbocycles. The van der Waals surface area contributed by atoms with Crippen LogP contribution in [0, 0.1) is 5.82 Å². The molecule has 1 aliphatic rings. The average Bonchev–Trinajstić information content (AvgIpc) is 2.66. The Kier molecular flexibility index (Phi) is 6.12. The molecule has 1 amide bonds. The van der Waals surface area contributed by atoms with Gasteiger partial charge in [0.2, 0.25) is 11.9 Å². The Balaban J connectivity index is 1.68. The first kappa shape index (κ1) is 18.3. The standard InChI is InChI=1S/C19H23FN4O2/c1-2-26-13-18(25)24-10-4-5-14(12-24)17-8-9-21-19(23-17)22-16-7-3-6-15(20)11-16/h3,6-9,11,14H,2,4-5,10,12-13H2,1H3,(H,21,22,23)/t14-/m1/s1. The van der Waals surface area contributed by atoms with Crippen LogP contribution in [0.1, 0.15) is 31.4 Å². The minimum Gasteiger partial charge on any atom is -0.372 e. The fourth-order valence-corrected chi connectivity index (χ4v) is 3.08. The van der Waals surface area contributed by atoms with E-state index in [0.29, 0.717) is 24.8 Å². The quantitative estimate of drug-likeness (QED) is 0.859. The molecule has 1 saturated heterocycles. The third kappa shape index (κ3) is 4.76. The van der Waals surface area contributed by atoms with Crippen LogP contribution in [0.2, 0.25) is 0 Å². The van der Waals surface area contributed by atoms with Crippen LogP contribution in [-0.2, 0) is 9.53 Å². The molecule has 138 valence electrons. The van der Waals surface area contributed by atoms with Crippen molar-refractivity contribution in [1.82, 2.24) is 14.9 Å². The number of ether oxygens (including phenoxy) is 1. The Morgan fingerprint density at radius 3 is 3.12 bits per heavy atom. The Bertz CT molecular complexity index is 756. The van der Waals surface area contributed by atoms with E-state index in [-0.39, 0.29) is 24.2 Å². The maximum Gasteiger partial charge on any atom is 0.248 e. The molecular weight excluding hydrogens is 335 g/mol. The van der Waals surface area contributed by atoms with Crippen molar-refractivity contribution in [1.29, 1.82) is 0 Å². The molecule has 0 radical (unpaired) electrons. The molecule has 0 saturated carbocycles. The van der Waals surface area contributed by atoms with Gasteiger partial charge in [0.05, 0.1) is 5.69 Å². The number of carbonyl (C=O) groups excluding carboxylic acids is 1. The van der Waals surface area contributed by atoms with Crippen molar-refractivity contribution in [2.24, 2.45) is 0 Å². The molecule has 1 fully saturated rings. The number of amides is 1. The Morgan fingerprint density at radius 1 is 1.42 bits per heavy atom. The van der Waals surface area contributed by atoms with Crippen molar-refractivity contribution in [2.75, 3.05) is 31.6 Å². The van der Waals surface area contributed by atoms with Crippen LogP contribution in [0.25, 0.3) is 0 Å². The average molecular weight is 358 g/mol. The molecule has 0 unspecified atom stereocenters. The molecule has 26 heavy (non-hydrogen) atoms. The van der Waals surface area contributed by atoms with Gasteiger partial charge in [-0.25, -0.2) is 14.4 Å². The lowest BCUT2D eigenvalue weighted by Crippen LogP contribution is -2.41. The number of carbonyl (C=O) groups is 1. The fourth-order valence-electron chi connectivity index (χ4n) is 3.08. The number of nitrogens with zero attached hydrogens (tertiary/aromatic N) is 3. The number of benzene rings is 1. The first-order valence-electron chi connectivity index (χ1n) is 8.86. The van der Waals surface area contributed by atoms with Gasteiger partial charge in [0.25, 0.3) is 0 Å². The van der Waals surface area contributed by atoms with E-state index in [0.717, 1.165) is 25.1 Å². The smallest absolute Gasteiger partial charge is 0.248 e. The Labute approximate surface area is 152 Å². The minimum atomic E-state index is -0.318. The van der Waals surface area contributed by atoms with Crippen molar-refractivity contribution in [2.45, 2.75) is 25.7 Å². The minimum absolute atomic E-state index is 0.0173. The lowest BCUT2D eigenvalue weighted by atomic mass is 9.94. The molecule has 7 heteroatoms. The maximum absolute atomic E-state index is 13.3. The largest absolute Gasteiger partial charge is 0.372 e. The lowest BCUT2D eigenvalue weighted by molar-refractivity contribution is -0.137. The number of hydrogen-bond donors (Lipinski definition) is 1. The molecule has 1 atom stereocenters. The van der Waals surface area contributed by atoms with Crippen molar-refractivity contribution >= 4 is 17.5 Å². The Morgan fingerprint density at radius 2 is 2.31 bits per heavy atom. The van der Waals surface area contributed by atoms with Gasteiger partial charge >= 0.3 is 0 Å². The van der Waals surface area contributed by atoms with Gasteiger partial charge in [-0.3, -0.25) is 4.79 Å². The summed E-state index contributed by atoms with van der Waals surface area (Å²) in [5.41, 5.74) is 1.48. The highest BCUT2D eigenvalue weighted by Crippen LogP contribution is 2.26. The fraction of sp³-hybridized carbons (Fsp3) is 0.421. The topological polar surface area (TPSA) is 67.3 Å². The van der Waals surface area contributed by atoms with Gasteiger partial charge in [0.15, 0.2) is 0 Å². The summed E-state index contributed by atoms with van der Waals surface area (Å²) in [6.45, 7) is 3.91. The zero-order valence-electron chi connectivity index (χ0n) is 14.8.